The van der Waals surface area contributed by atoms with Gasteiger partial charge in [0.15, 0.2) is 0 Å². The first kappa shape index (κ1) is 107. The van der Waals surface area contributed by atoms with Crippen molar-refractivity contribution in [3.05, 3.63) is 498 Å². The first-order chi connectivity index (χ1) is 65.7. The number of hydrogen-bond acceptors (Lipinski definition) is 12. The second-order valence-corrected chi connectivity index (χ2v) is 37.5. The van der Waals surface area contributed by atoms with Gasteiger partial charge in [-0.1, -0.05) is 263 Å². The van der Waals surface area contributed by atoms with Crippen molar-refractivity contribution in [1.29, 1.82) is 0 Å². The van der Waals surface area contributed by atoms with Gasteiger partial charge in [-0.15, -0.1) is 93.9 Å². The van der Waals surface area contributed by atoms with Gasteiger partial charge in [-0.2, -0.15) is 98.5 Å². The fourth-order valence-electron chi connectivity index (χ4n) is 14.0. The van der Waals surface area contributed by atoms with Crippen LogP contribution < -0.4 is 0 Å². The molecule has 4 heterocycles. The van der Waals surface area contributed by atoms with E-state index in [0.717, 1.165) is 109 Å². The number of phenolic OH excluding ortho intramolecular Hbond substituents is 4. The molecule has 0 fully saturated rings. The molecule has 0 unspecified atom stereocenters. The molecule has 0 bridgehead atoms. The molecule has 22 heteroatoms. The first-order valence-corrected chi connectivity index (χ1v) is 48.9. The number of phenols is 4. The maximum absolute atomic E-state index is 10.9. The molecule has 138 heavy (non-hydrogen) atoms. The Morgan fingerprint density at radius 2 is 0.355 bits per heavy atom. The topological polar surface area (TPSA) is 132 Å². The smallest absolute Gasteiger partial charge is 0.507 e. The number of aryl methyl sites for hydroxylation is 4. The average molecular weight is 2280 g/mol. The summed E-state index contributed by atoms with van der Waals surface area (Å²) in [5, 5.41) is 58.6. The fraction of sp³-hybridized carbons (Fsp3) is 0.0345. The third-order valence-electron chi connectivity index (χ3n) is 20.5. The maximum Gasteiger partial charge on any atom is 2.00 e. The Morgan fingerprint density at radius 1 is 0.210 bits per heavy atom. The van der Waals surface area contributed by atoms with E-state index in [1.807, 2.05) is 340 Å². The van der Waals surface area contributed by atoms with Crippen molar-refractivity contribution in [3.8, 4) is 155 Å². The minimum atomic E-state index is 0. The zero-order chi connectivity index (χ0) is 96.3. The zero-order valence-electron chi connectivity index (χ0n) is 75.0. The summed E-state index contributed by atoms with van der Waals surface area (Å²) in [7, 11) is 0. The van der Waals surface area contributed by atoms with Gasteiger partial charge in [0.2, 0.25) is 0 Å². The van der Waals surface area contributed by atoms with E-state index in [2.05, 4.69) is 27.7 Å². The van der Waals surface area contributed by atoms with Crippen molar-refractivity contribution < 1.29 is 72.5 Å². The zero-order valence-corrected chi connectivity index (χ0v) is 90.4. The number of benzene rings is 16. The molecule has 0 spiro atoms. The summed E-state index contributed by atoms with van der Waals surface area (Å²) >= 11 is 56.3. The molecule has 0 amide bonds. The summed E-state index contributed by atoms with van der Waals surface area (Å²) < 4.78 is 0. The molecule has 0 saturated heterocycles. The van der Waals surface area contributed by atoms with Crippen LogP contribution in [0.2, 0.25) is 40.2 Å². The summed E-state index contributed by atoms with van der Waals surface area (Å²) in [4.78, 5) is 18.8. The van der Waals surface area contributed by atoms with E-state index in [9.17, 15) is 20.4 Å². The van der Waals surface area contributed by atoms with Crippen LogP contribution in [-0.4, -0.2) is 40.4 Å². The van der Waals surface area contributed by atoms with Crippen LogP contribution in [0, 0.1) is 55.4 Å². The number of thiazole rings is 4. The summed E-state index contributed by atoms with van der Waals surface area (Å²) in [6, 6.07) is 116. The molecule has 0 aliphatic heterocycles. The van der Waals surface area contributed by atoms with E-state index in [1.165, 1.54) is 45.3 Å². The second-order valence-electron chi connectivity index (χ2n) is 30.8. The molecule has 0 aliphatic carbocycles. The van der Waals surface area contributed by atoms with Gasteiger partial charge in [0.05, 0.1) is 85.2 Å². The van der Waals surface area contributed by atoms with Gasteiger partial charge >= 0.3 is 26.2 Å². The quantitative estimate of drug-likeness (QED) is 0.0702. The van der Waals surface area contributed by atoms with E-state index < -0.39 is 0 Å². The van der Waals surface area contributed by atoms with Crippen LogP contribution in [0.1, 0.15) is 44.5 Å². The van der Waals surface area contributed by atoms with Gasteiger partial charge in [-0.25, -0.2) is 19.9 Å². The third kappa shape index (κ3) is 29.0. The molecule has 8 nitrogen and oxygen atoms in total. The Morgan fingerprint density at radius 3 is 0.500 bits per heavy atom. The predicted octanol–water partition coefficient (Wildman–Crippen LogP) is 37.3. The normalized spacial score (nSPS) is 10.3. The van der Waals surface area contributed by atoms with Crippen molar-refractivity contribution in [3.63, 3.8) is 0 Å². The van der Waals surface area contributed by atoms with Crippen molar-refractivity contribution in [2.24, 2.45) is 0 Å². The molecule has 0 radical (unpaired) electrons. The molecule has 20 rings (SSSR count). The number of rotatable bonds is 12. The molecule has 4 aromatic heterocycles. The van der Waals surface area contributed by atoms with Crippen LogP contribution >= 0.6 is 138 Å². The summed E-state index contributed by atoms with van der Waals surface area (Å²) in [5.41, 5.74) is 23.9. The van der Waals surface area contributed by atoms with E-state index in [4.69, 9.17) is 113 Å². The Hall–Kier alpha value is -11.2. The van der Waals surface area contributed by atoms with Crippen molar-refractivity contribution in [1.82, 2.24) is 19.9 Å². The van der Waals surface area contributed by atoms with Crippen LogP contribution in [0.3, 0.4) is 0 Å². The number of halogens is 8. The van der Waals surface area contributed by atoms with Gasteiger partial charge in [0.25, 0.3) is 0 Å². The molecule has 686 valence electrons. The Kier molecular flexibility index (Phi) is 41.0. The monoisotopic (exact) mass is 2280 g/mol. The average Bonchev–Trinajstić information content (AvgIpc) is 1.56. The fourth-order valence-corrected chi connectivity index (χ4v) is 19.7. The second kappa shape index (κ2) is 52.7. The van der Waals surface area contributed by atoms with E-state index in [0.29, 0.717) is 107 Å². The number of nitrogens with zero attached hydrogens (tertiary/aromatic N) is 4. The molecule has 0 saturated carbocycles. The molecular weight excluding hydrogens is 2190 g/mol. The third-order valence-corrected chi connectivity index (χ3v) is 26.6. The molecule has 20 aromatic rings. The van der Waals surface area contributed by atoms with E-state index in [1.54, 1.807) is 72.8 Å². The summed E-state index contributed by atoms with van der Waals surface area (Å²) in [6.45, 7) is 22.9. The van der Waals surface area contributed by atoms with Gasteiger partial charge in [-0.05, 0) is 169 Å². The van der Waals surface area contributed by atoms with Crippen LogP contribution in [-0.2, 0) is 52.0 Å². The molecule has 4 N–H and O–H groups in total. The number of hydrogen-bond donors (Lipinski definition) is 4. The van der Waals surface area contributed by atoms with Crippen LogP contribution in [0.4, 0.5) is 0 Å². The SMILES string of the molecule is Cc1cc(-c2ccccc2)c(O)c(-c2nc(-c3c(Cl)cccc3Cl)cs2)c1.Cc1cc(-c2ccccc2)c(O)c(-c2nc(-c3c(Cl)cccc3Cl)cs2)c1.Cc1cc(-c2ccccc2)c(O)c(-c2nc(-c3c(Cl)cccc3Cl)cs2)c1.Cc1cc(-c2ccccc2)c(O)c(-c2nc(-c3c(Cl)cccc3Cl)cs2)c1.[CH2-]c1ccccc1.[CH2-]c1ccccc1.[CH2-]c1ccccc1.[CH2-]c1ccccc1.[Hf].[Zr+2]. The standard InChI is InChI=1S/4C22H15Cl2NOS.4C7H7.Hf.Zr/c4*1-13-10-15(14-6-3-2-4-7-14)21(26)16(11-13)22-25-19(12-27-22)20-17(23)8-5-9-18(20)24;4*1-7-5-3-2-4-6-7;;/h4*2-12,26H,1H3;4*2-6H,1H2;;/q;;;;4*-1;;+2. The Labute approximate surface area is 901 Å². The summed E-state index contributed by atoms with van der Waals surface area (Å²) in [5.74, 6) is 0.881. The van der Waals surface area contributed by atoms with Crippen LogP contribution in [0.5, 0.6) is 23.0 Å². The minimum absolute atomic E-state index is 0. The van der Waals surface area contributed by atoms with Crippen molar-refractivity contribution >= 4 is 138 Å². The molecule has 16 aromatic carbocycles. The van der Waals surface area contributed by atoms with Crippen molar-refractivity contribution in [2.45, 2.75) is 27.7 Å². The molecule has 0 atom stereocenters. The van der Waals surface area contributed by atoms with E-state index >= 15 is 0 Å². The Balaban J connectivity index is 0.000000160. The first-order valence-electron chi connectivity index (χ1n) is 42.4. The molecular formula is C116H88Cl8HfN4O4S4Zr-2. The predicted molar refractivity (Wildman–Crippen MR) is 583 cm³/mol. The van der Waals surface area contributed by atoms with Crippen LogP contribution in [0.15, 0.2) is 386 Å². The molecule has 0 aliphatic rings. The Bertz CT molecular complexity index is 6400. The minimum Gasteiger partial charge on any atom is -0.507 e. The number of aromatic hydroxyl groups is 4. The van der Waals surface area contributed by atoms with Gasteiger partial charge < -0.3 is 20.4 Å². The van der Waals surface area contributed by atoms with Crippen LogP contribution in [0.25, 0.3) is 132 Å². The maximum atomic E-state index is 10.9. The van der Waals surface area contributed by atoms with Gasteiger partial charge in [0.1, 0.15) is 43.0 Å². The van der Waals surface area contributed by atoms with Gasteiger partial charge in [0, 0.05) is 91.9 Å². The van der Waals surface area contributed by atoms with E-state index in [-0.39, 0.29) is 75.0 Å². The number of aromatic nitrogens is 4. The summed E-state index contributed by atoms with van der Waals surface area (Å²) in [6.07, 6.45) is 0. The van der Waals surface area contributed by atoms with Crippen molar-refractivity contribution in [2.75, 3.05) is 0 Å². The largest absolute Gasteiger partial charge is 2.00 e. The van der Waals surface area contributed by atoms with Gasteiger partial charge in [-0.3, -0.25) is 0 Å².